The Kier molecular flexibility index (Phi) is 3.73. The van der Waals surface area contributed by atoms with E-state index in [0.717, 1.165) is 11.3 Å². The number of nitrogens with one attached hydrogen (secondary N) is 1. The zero-order chi connectivity index (χ0) is 14.5. The van der Waals surface area contributed by atoms with Crippen LogP contribution in [0.4, 0.5) is 11.6 Å². The van der Waals surface area contributed by atoms with E-state index < -0.39 is 0 Å². The summed E-state index contributed by atoms with van der Waals surface area (Å²) in [5.74, 6) is 1.73. The Labute approximate surface area is 122 Å². The summed E-state index contributed by atoms with van der Waals surface area (Å²) in [6.45, 7) is 0.589. The smallest absolute Gasteiger partial charge is 0.163 e. The Balaban J connectivity index is 1.82. The van der Waals surface area contributed by atoms with E-state index in [1.807, 2.05) is 48.5 Å². The van der Waals surface area contributed by atoms with Gasteiger partial charge in [0, 0.05) is 17.8 Å². The highest BCUT2D eigenvalue weighted by Crippen LogP contribution is 2.18. The standard InChI is InChI=1S/C16H15N5/c17-14-10-15(19-11-13-8-4-5-9-18-13)21-16(20-14)12-6-2-1-3-7-12/h1-10H,11H2,(H3,17,19,20,21). The molecule has 0 spiro atoms. The van der Waals surface area contributed by atoms with Crippen molar-refractivity contribution in [3.05, 3.63) is 66.5 Å². The van der Waals surface area contributed by atoms with Crippen LogP contribution in [0, 0.1) is 0 Å². The largest absolute Gasteiger partial charge is 0.384 e. The highest BCUT2D eigenvalue weighted by molar-refractivity contribution is 5.60. The second-order valence-corrected chi connectivity index (χ2v) is 4.54. The summed E-state index contributed by atoms with van der Waals surface area (Å²) in [7, 11) is 0. The maximum absolute atomic E-state index is 5.86. The molecule has 0 aliphatic rings. The Hall–Kier alpha value is -2.95. The molecule has 0 amide bonds. The third-order valence-corrected chi connectivity index (χ3v) is 2.95. The average molecular weight is 277 g/mol. The SMILES string of the molecule is Nc1cc(NCc2ccccn2)nc(-c2ccccc2)n1. The molecular weight excluding hydrogens is 262 g/mol. The molecule has 0 saturated carbocycles. The molecule has 2 aromatic heterocycles. The number of hydrogen-bond donors (Lipinski definition) is 2. The molecule has 0 bridgehead atoms. The van der Waals surface area contributed by atoms with Crippen LogP contribution >= 0.6 is 0 Å². The van der Waals surface area contributed by atoms with Gasteiger partial charge in [0.1, 0.15) is 11.6 Å². The first-order valence-electron chi connectivity index (χ1n) is 6.65. The summed E-state index contributed by atoms with van der Waals surface area (Å²) < 4.78 is 0. The molecule has 0 unspecified atom stereocenters. The van der Waals surface area contributed by atoms with Crippen LogP contribution in [0.25, 0.3) is 11.4 Å². The first-order valence-corrected chi connectivity index (χ1v) is 6.65. The van der Waals surface area contributed by atoms with Crippen molar-refractivity contribution in [3.8, 4) is 11.4 Å². The number of nitrogens with zero attached hydrogens (tertiary/aromatic N) is 3. The number of nitrogens with two attached hydrogens (primary N) is 1. The van der Waals surface area contributed by atoms with E-state index in [4.69, 9.17) is 5.73 Å². The molecule has 0 atom stereocenters. The van der Waals surface area contributed by atoms with Crippen LogP contribution in [0.15, 0.2) is 60.8 Å². The van der Waals surface area contributed by atoms with E-state index in [1.54, 1.807) is 12.3 Å². The summed E-state index contributed by atoms with van der Waals surface area (Å²) in [5.41, 5.74) is 7.74. The van der Waals surface area contributed by atoms with Gasteiger partial charge in [-0.3, -0.25) is 4.98 Å². The lowest BCUT2D eigenvalue weighted by Crippen LogP contribution is -2.05. The predicted molar refractivity (Wildman–Crippen MR) is 83.4 cm³/mol. The number of aromatic nitrogens is 3. The van der Waals surface area contributed by atoms with Gasteiger partial charge < -0.3 is 11.1 Å². The van der Waals surface area contributed by atoms with Crippen molar-refractivity contribution in [1.82, 2.24) is 15.0 Å². The van der Waals surface area contributed by atoms with Crippen molar-refractivity contribution in [1.29, 1.82) is 0 Å². The van der Waals surface area contributed by atoms with Gasteiger partial charge in [-0.25, -0.2) is 9.97 Å². The van der Waals surface area contributed by atoms with Crippen LogP contribution < -0.4 is 11.1 Å². The van der Waals surface area contributed by atoms with E-state index >= 15 is 0 Å². The van der Waals surface area contributed by atoms with Gasteiger partial charge in [-0.2, -0.15) is 0 Å². The van der Waals surface area contributed by atoms with Crippen LogP contribution in [-0.2, 0) is 6.54 Å². The van der Waals surface area contributed by atoms with Crippen LogP contribution in [0.3, 0.4) is 0 Å². The van der Waals surface area contributed by atoms with Gasteiger partial charge in [0.25, 0.3) is 0 Å². The number of benzene rings is 1. The Morgan fingerprint density at radius 3 is 2.52 bits per heavy atom. The second kappa shape index (κ2) is 6.00. The third-order valence-electron chi connectivity index (χ3n) is 2.95. The van der Waals surface area contributed by atoms with Gasteiger partial charge >= 0.3 is 0 Å². The van der Waals surface area contributed by atoms with E-state index in [0.29, 0.717) is 24.0 Å². The lowest BCUT2D eigenvalue weighted by atomic mass is 10.2. The van der Waals surface area contributed by atoms with Crippen molar-refractivity contribution >= 4 is 11.6 Å². The Morgan fingerprint density at radius 1 is 0.952 bits per heavy atom. The van der Waals surface area contributed by atoms with E-state index in [2.05, 4.69) is 20.3 Å². The molecule has 5 nitrogen and oxygen atoms in total. The monoisotopic (exact) mass is 277 g/mol. The highest BCUT2D eigenvalue weighted by Gasteiger charge is 2.05. The molecular formula is C16H15N5. The second-order valence-electron chi connectivity index (χ2n) is 4.54. The maximum atomic E-state index is 5.86. The van der Waals surface area contributed by atoms with Crippen molar-refractivity contribution in [2.24, 2.45) is 0 Å². The van der Waals surface area contributed by atoms with Crippen molar-refractivity contribution in [2.75, 3.05) is 11.1 Å². The van der Waals surface area contributed by atoms with Gasteiger partial charge in [0.05, 0.1) is 12.2 Å². The summed E-state index contributed by atoms with van der Waals surface area (Å²) >= 11 is 0. The number of nitrogen functional groups attached to an aromatic ring is 1. The number of anilines is 2. The third kappa shape index (κ3) is 3.33. The van der Waals surface area contributed by atoms with Crippen LogP contribution in [0.2, 0.25) is 0 Å². The zero-order valence-electron chi connectivity index (χ0n) is 11.4. The fourth-order valence-corrected chi connectivity index (χ4v) is 1.96. The van der Waals surface area contributed by atoms with Gasteiger partial charge in [0.2, 0.25) is 0 Å². The Bertz CT molecular complexity index is 713. The Morgan fingerprint density at radius 2 is 1.76 bits per heavy atom. The first kappa shape index (κ1) is 13.1. The van der Waals surface area contributed by atoms with E-state index in [1.165, 1.54) is 0 Å². The molecule has 3 aromatic rings. The molecule has 1 aromatic carbocycles. The molecule has 2 heterocycles. The molecule has 3 rings (SSSR count). The molecule has 3 N–H and O–H groups in total. The molecule has 0 radical (unpaired) electrons. The van der Waals surface area contributed by atoms with Crippen molar-refractivity contribution < 1.29 is 0 Å². The number of hydrogen-bond acceptors (Lipinski definition) is 5. The summed E-state index contributed by atoms with van der Waals surface area (Å²) in [6, 6.07) is 17.3. The van der Waals surface area contributed by atoms with Crippen LogP contribution in [0.5, 0.6) is 0 Å². The van der Waals surface area contributed by atoms with E-state index in [9.17, 15) is 0 Å². The van der Waals surface area contributed by atoms with Gasteiger partial charge in [-0.05, 0) is 12.1 Å². The molecule has 104 valence electrons. The van der Waals surface area contributed by atoms with Gasteiger partial charge in [-0.1, -0.05) is 36.4 Å². The number of rotatable bonds is 4. The first-order chi connectivity index (χ1) is 10.3. The topological polar surface area (TPSA) is 76.7 Å². The van der Waals surface area contributed by atoms with Gasteiger partial charge in [-0.15, -0.1) is 0 Å². The van der Waals surface area contributed by atoms with Crippen molar-refractivity contribution in [2.45, 2.75) is 6.54 Å². The predicted octanol–water partition coefficient (Wildman–Crippen LogP) is 2.73. The summed E-state index contributed by atoms with van der Waals surface area (Å²) in [5, 5.41) is 3.22. The average Bonchev–Trinajstić information content (AvgIpc) is 2.54. The van der Waals surface area contributed by atoms with E-state index in [-0.39, 0.29) is 0 Å². The zero-order valence-corrected chi connectivity index (χ0v) is 11.4. The van der Waals surface area contributed by atoms with Crippen LogP contribution in [-0.4, -0.2) is 15.0 Å². The van der Waals surface area contributed by atoms with Gasteiger partial charge in [0.15, 0.2) is 5.82 Å². The molecule has 0 fully saturated rings. The fraction of sp³-hybridized carbons (Fsp3) is 0.0625. The molecule has 0 aliphatic heterocycles. The minimum atomic E-state index is 0.437. The minimum Gasteiger partial charge on any atom is -0.384 e. The summed E-state index contributed by atoms with van der Waals surface area (Å²) in [4.78, 5) is 13.0. The lowest BCUT2D eigenvalue weighted by Gasteiger charge is -2.08. The lowest BCUT2D eigenvalue weighted by molar-refractivity contribution is 1.02. The molecule has 21 heavy (non-hydrogen) atoms. The summed E-state index contributed by atoms with van der Waals surface area (Å²) in [6.07, 6.45) is 1.76. The quantitative estimate of drug-likeness (QED) is 0.766. The number of pyridine rings is 1. The highest BCUT2D eigenvalue weighted by atomic mass is 15.1. The minimum absolute atomic E-state index is 0.437. The maximum Gasteiger partial charge on any atom is 0.163 e. The molecule has 0 saturated heterocycles. The van der Waals surface area contributed by atoms with Crippen molar-refractivity contribution in [3.63, 3.8) is 0 Å². The molecule has 5 heteroatoms. The van der Waals surface area contributed by atoms with Crippen LogP contribution in [0.1, 0.15) is 5.69 Å². The molecule has 0 aliphatic carbocycles. The normalized spacial score (nSPS) is 10.3. The fourth-order valence-electron chi connectivity index (χ4n) is 1.96.